The number of nitrogen functional groups attached to an aromatic ring is 3. The molecule has 25 nitrogen and oxygen atoms in total. The average Bonchev–Trinajstić information content (AvgIpc) is 1.61. The van der Waals surface area contributed by atoms with Crippen LogP contribution in [0.2, 0.25) is 10.2 Å². The Labute approximate surface area is 655 Å². The Morgan fingerprint density at radius 2 is 1.13 bits per heavy atom. The second kappa shape index (κ2) is 53.4. The van der Waals surface area contributed by atoms with Crippen molar-refractivity contribution in [3.8, 4) is 10.6 Å². The fourth-order valence-corrected chi connectivity index (χ4v) is 14.6. The number of carbonyl (C=O) groups excluding carboxylic acids is 1. The number of unbranched alkanes of at least 4 members (excludes halogenated alkanes) is 6. The molecule has 0 saturated carbocycles. The van der Waals surface area contributed by atoms with Crippen molar-refractivity contribution in [3.05, 3.63) is 95.6 Å². The molecule has 2 aromatic carbocycles. The van der Waals surface area contributed by atoms with Crippen molar-refractivity contribution in [1.82, 2.24) is 29.5 Å². The lowest BCUT2D eigenvalue weighted by Crippen LogP contribution is -2.41. The van der Waals surface area contributed by atoms with Crippen LogP contribution < -0.4 is 22.7 Å². The topological polar surface area (TPSA) is 367 Å². The van der Waals surface area contributed by atoms with E-state index >= 15 is 0 Å². The molecule has 0 aliphatic carbocycles. The van der Waals surface area contributed by atoms with Gasteiger partial charge in [-0.05, 0) is 195 Å². The number of alkyl halides is 2. The van der Waals surface area contributed by atoms with Crippen molar-refractivity contribution in [2.75, 3.05) is 125 Å². The zero-order chi connectivity index (χ0) is 79.3. The number of sulfone groups is 2. The maximum Gasteiger partial charge on any atom is 0.494 e. The van der Waals surface area contributed by atoms with Crippen molar-refractivity contribution in [2.24, 2.45) is 0 Å². The number of aliphatic hydroxyl groups is 3. The number of benzene rings is 2. The van der Waals surface area contributed by atoms with E-state index in [0.29, 0.717) is 43.3 Å². The van der Waals surface area contributed by atoms with Crippen LogP contribution in [0.1, 0.15) is 157 Å². The number of hydrogen-bond acceptors (Lipinski definition) is 27. The molecular weight excluding hydrogens is 1580 g/mol. The Bertz CT molecular complexity index is 3730. The molecule has 7 aromatic rings. The van der Waals surface area contributed by atoms with Crippen LogP contribution in [-0.2, 0) is 81.5 Å². The zero-order valence-electron chi connectivity index (χ0n) is 62.7. The van der Waals surface area contributed by atoms with Gasteiger partial charge in [-0.25, -0.2) is 50.5 Å². The molecule has 7 heterocycles. The number of anilines is 3. The summed E-state index contributed by atoms with van der Waals surface area (Å²) in [5, 5.41) is 26.5. The van der Waals surface area contributed by atoms with Gasteiger partial charge in [0, 0.05) is 153 Å². The molecule has 0 amide bonds. The van der Waals surface area contributed by atoms with Crippen molar-refractivity contribution in [1.29, 1.82) is 0 Å². The summed E-state index contributed by atoms with van der Waals surface area (Å²) in [6.45, 7) is 13.1. The third-order valence-corrected chi connectivity index (χ3v) is 21.9. The molecule has 2 aliphatic rings. The number of aromatic nitrogens is 6. The molecule has 5 aromatic heterocycles. The Morgan fingerprint density at radius 1 is 0.651 bits per heavy atom. The van der Waals surface area contributed by atoms with E-state index in [9.17, 15) is 30.4 Å². The fourth-order valence-electron chi connectivity index (χ4n) is 9.34. The number of ether oxygens (including phenoxy) is 6. The van der Waals surface area contributed by atoms with Crippen LogP contribution in [0.3, 0.4) is 0 Å². The number of rotatable bonds is 32. The SMILES string of the molecule is CC1(C)OB(c2ccc(N)c(S(C)(=O)=O)c2)OC1(C)C.COCCCCC=O.COCCCCCO.COCCCc1cnc(-c2ccc(N)c(S(C)(=O)=O)c2)s1.COCCCc1cnc(Br)s1.COCCCc1cnc(N)s1.FC(F)c1nc2c(Cl)cc(Cl)nc2n1C1CCCCO1.OCCCCCO. The van der Waals surface area contributed by atoms with E-state index in [1.165, 1.54) is 26.5 Å². The molecule has 598 valence electrons. The number of halogens is 5. The Hall–Kier alpha value is -4.54. The quantitative estimate of drug-likeness (QED) is 0.00750. The molecule has 9 rings (SSSR count). The molecule has 9 N–H and O–H groups in total. The summed E-state index contributed by atoms with van der Waals surface area (Å²) in [6, 6.07) is 11.2. The predicted molar refractivity (Wildman–Crippen MR) is 426 cm³/mol. The van der Waals surface area contributed by atoms with Crippen LogP contribution in [0.5, 0.6) is 0 Å². The van der Waals surface area contributed by atoms with E-state index in [4.69, 9.17) is 93.5 Å². The maximum atomic E-state index is 13.2. The first-order chi connectivity index (χ1) is 50.3. The maximum absolute atomic E-state index is 13.2. The fraction of sp³-hybridized carbons (Fsp3) is 0.600. The molecule has 0 bridgehead atoms. The van der Waals surface area contributed by atoms with Crippen LogP contribution >= 0.6 is 73.1 Å². The minimum atomic E-state index is -3.38. The zero-order valence-corrected chi connectivity index (χ0v) is 69.9. The molecule has 1 atom stereocenters. The van der Waals surface area contributed by atoms with Gasteiger partial charge in [0.25, 0.3) is 6.43 Å². The number of imidazole rings is 1. The van der Waals surface area contributed by atoms with Gasteiger partial charge >= 0.3 is 7.12 Å². The van der Waals surface area contributed by atoms with Gasteiger partial charge in [-0.2, -0.15) is 0 Å². The summed E-state index contributed by atoms with van der Waals surface area (Å²) in [5.74, 6) is -0.386. The Balaban J connectivity index is 0.000000426. The minimum absolute atomic E-state index is 0.102. The van der Waals surface area contributed by atoms with Crippen LogP contribution in [0.4, 0.5) is 25.3 Å². The van der Waals surface area contributed by atoms with Crippen molar-refractivity contribution < 1.29 is 83.5 Å². The second-order valence-electron chi connectivity index (χ2n) is 24.8. The van der Waals surface area contributed by atoms with Gasteiger partial charge in [-0.3, -0.25) is 4.57 Å². The number of methoxy groups -OCH3 is 5. The first-order valence-electron chi connectivity index (χ1n) is 34.5. The highest BCUT2D eigenvalue weighted by atomic mass is 79.9. The third kappa shape index (κ3) is 37.5. The van der Waals surface area contributed by atoms with Gasteiger partial charge in [0.2, 0.25) is 0 Å². The highest BCUT2D eigenvalue weighted by Crippen LogP contribution is 2.38. The molecule has 1 unspecified atom stereocenters. The van der Waals surface area contributed by atoms with Crippen molar-refractivity contribution in [3.63, 3.8) is 0 Å². The molecule has 0 spiro atoms. The predicted octanol–water partition coefficient (Wildman–Crippen LogP) is 13.4. The largest absolute Gasteiger partial charge is 0.494 e. The number of hydrogen-bond donors (Lipinski definition) is 6. The van der Waals surface area contributed by atoms with E-state index in [1.54, 1.807) is 99.9 Å². The number of carbonyl (C=O) groups is 1. The smallest absolute Gasteiger partial charge is 0.399 e. The lowest BCUT2D eigenvalue weighted by Gasteiger charge is -2.32. The summed E-state index contributed by atoms with van der Waals surface area (Å²) in [4.78, 5) is 34.1. The molecule has 106 heavy (non-hydrogen) atoms. The van der Waals surface area contributed by atoms with Gasteiger partial charge in [0.05, 0.1) is 37.4 Å². The number of nitrogens with two attached hydrogens (primary N) is 3. The summed E-state index contributed by atoms with van der Waals surface area (Å²) in [7, 11) is 1.16. The van der Waals surface area contributed by atoms with Crippen LogP contribution in [0.25, 0.3) is 21.7 Å². The monoisotopic (exact) mass is 1690 g/mol. The van der Waals surface area contributed by atoms with Crippen molar-refractivity contribution in [2.45, 2.75) is 177 Å². The summed E-state index contributed by atoms with van der Waals surface area (Å²) in [6.07, 6.45) is 22.3. The number of aliphatic hydroxyl groups excluding tert-OH is 3. The molecule has 2 fully saturated rings. The van der Waals surface area contributed by atoms with E-state index in [1.807, 2.05) is 46.3 Å². The number of fused-ring (bicyclic) bond motifs is 1. The minimum Gasteiger partial charge on any atom is -0.399 e. The van der Waals surface area contributed by atoms with E-state index in [2.05, 4.69) is 40.8 Å². The molecule has 2 aliphatic heterocycles. The number of aryl methyl sites for hydroxylation is 3. The van der Waals surface area contributed by atoms with Gasteiger partial charge in [0.15, 0.2) is 40.2 Å². The average molecular weight is 1690 g/mol. The van der Waals surface area contributed by atoms with E-state index < -0.39 is 50.6 Å². The van der Waals surface area contributed by atoms with Gasteiger partial charge < -0.3 is 75.0 Å². The van der Waals surface area contributed by atoms with E-state index in [-0.39, 0.29) is 61.5 Å². The first-order valence-corrected chi connectivity index (χ1v) is 42.3. The van der Waals surface area contributed by atoms with Crippen LogP contribution in [0.15, 0.2) is 74.8 Å². The lowest BCUT2D eigenvalue weighted by molar-refractivity contribution is -0.108. The lowest BCUT2D eigenvalue weighted by atomic mass is 9.79. The number of aldehydes is 1. The summed E-state index contributed by atoms with van der Waals surface area (Å²) < 4.78 is 117. The second-order valence-corrected chi connectivity index (χ2v) is 34.3. The highest BCUT2D eigenvalue weighted by molar-refractivity contribution is 9.11. The molecule has 36 heteroatoms. The third-order valence-electron chi connectivity index (χ3n) is 15.6. The van der Waals surface area contributed by atoms with Crippen LogP contribution in [-0.4, -0.2) is 194 Å². The molecular formula is C70H109BBrCl2F2N9O16S5. The summed E-state index contributed by atoms with van der Waals surface area (Å²) in [5.41, 5.74) is 18.3. The Morgan fingerprint density at radius 3 is 1.59 bits per heavy atom. The normalized spacial score (nSPS) is 14.3. The summed E-state index contributed by atoms with van der Waals surface area (Å²) >= 11 is 20.0. The number of pyridine rings is 1. The van der Waals surface area contributed by atoms with Gasteiger partial charge in [0.1, 0.15) is 28.2 Å². The van der Waals surface area contributed by atoms with Crippen LogP contribution in [0, 0.1) is 0 Å². The number of thiazole rings is 3. The number of nitrogens with zero attached hydrogens (tertiary/aromatic N) is 6. The van der Waals surface area contributed by atoms with Gasteiger partial charge in [-0.1, -0.05) is 29.3 Å². The Kier molecular flexibility index (Phi) is 49.1. The first kappa shape index (κ1) is 97.5. The van der Waals surface area contributed by atoms with E-state index in [0.717, 1.165) is 167 Å². The van der Waals surface area contributed by atoms with Crippen molar-refractivity contribution >= 4 is 139 Å². The standard InChI is InChI=1S/C14H18N2O3S2.C13H20BNO4S.C12H11Cl2F2N3O.C7H10BrNOS.C7H12N2OS.C6H14O2.C6H12O2.C5H12O2/c1-19-7-3-4-11-9-16-14(20-11)10-5-6-12(15)13(8-10)21(2,17)18;1-12(2)13(3,4)19-14(18-12)9-6-7-10(15)11(8-9)20(5,16)17;13-6-5-7(14)17-11-9(6)18-12(10(15)16)19(11)8-3-1-2-4-20-8;2*1-10-4-2-3-6-5-9-7(8)11-6;2*1-8-6-4-2-3-5-7;6-4-2-1-3-5-7/h5-6,8-9H,3-4,7,15H2,1-2H3;6-8H,15H2,1-5H3;5,8,10H,1-4H2;5H,2-4H2,1H3;5H,2-4H2,1H3,(H2,8,9);7H,2-6H2,1H3;5H,2-4,6H2,1H3;6-7H,1-5H2. The molecule has 0 radical (unpaired) electrons. The highest BCUT2D eigenvalue weighted by Gasteiger charge is 2.52. The van der Waals surface area contributed by atoms with Gasteiger partial charge in [-0.15, -0.1) is 34.0 Å². The molecule has 2 saturated heterocycles.